The summed E-state index contributed by atoms with van der Waals surface area (Å²) in [5.41, 5.74) is 3.06. The van der Waals surface area contributed by atoms with E-state index in [1.807, 2.05) is 24.0 Å². The van der Waals surface area contributed by atoms with Crippen LogP contribution in [0.5, 0.6) is 0 Å². The molecule has 0 spiro atoms. The average molecular weight is 380 g/mol. The number of carbonyl (C=O) groups excluding carboxylic acids is 2. The van der Waals surface area contributed by atoms with E-state index < -0.39 is 5.97 Å². The van der Waals surface area contributed by atoms with Crippen LogP contribution in [-0.2, 0) is 11.2 Å². The maximum Gasteiger partial charge on any atom is 0.335 e. The van der Waals surface area contributed by atoms with Crippen molar-refractivity contribution in [2.75, 3.05) is 18.4 Å². The second-order valence-electron chi connectivity index (χ2n) is 7.05. The van der Waals surface area contributed by atoms with Crippen molar-refractivity contribution in [1.82, 2.24) is 4.90 Å². The SMILES string of the molecule is Cc1cccc(NC(=O)CCc2ccc(C(=O)O)cc2)c1C(=O)N1CCCC1. The first-order valence-corrected chi connectivity index (χ1v) is 9.46. The molecule has 0 unspecified atom stereocenters. The number of benzene rings is 2. The number of nitrogens with zero attached hydrogens (tertiary/aromatic N) is 1. The molecule has 146 valence electrons. The quantitative estimate of drug-likeness (QED) is 0.803. The van der Waals surface area contributed by atoms with Gasteiger partial charge in [0.25, 0.3) is 5.91 Å². The van der Waals surface area contributed by atoms with Gasteiger partial charge in [0, 0.05) is 19.5 Å². The fraction of sp³-hybridized carbons (Fsp3) is 0.318. The van der Waals surface area contributed by atoms with Crippen LogP contribution in [0.3, 0.4) is 0 Å². The lowest BCUT2D eigenvalue weighted by atomic mass is 10.0. The minimum atomic E-state index is -0.973. The summed E-state index contributed by atoms with van der Waals surface area (Å²) < 4.78 is 0. The number of rotatable bonds is 6. The molecule has 1 heterocycles. The minimum absolute atomic E-state index is 0.0323. The van der Waals surface area contributed by atoms with Gasteiger partial charge in [0.2, 0.25) is 5.91 Å². The first-order chi connectivity index (χ1) is 13.5. The number of hydrogen-bond donors (Lipinski definition) is 2. The molecule has 2 aromatic rings. The van der Waals surface area contributed by atoms with Crippen molar-refractivity contribution in [2.24, 2.45) is 0 Å². The highest BCUT2D eigenvalue weighted by atomic mass is 16.4. The number of carboxylic acid groups (broad SMARTS) is 1. The highest BCUT2D eigenvalue weighted by Gasteiger charge is 2.24. The molecule has 0 saturated carbocycles. The molecule has 1 saturated heterocycles. The Bertz CT molecular complexity index is 884. The molecule has 0 radical (unpaired) electrons. The van der Waals surface area contributed by atoms with E-state index in [1.54, 1.807) is 18.2 Å². The van der Waals surface area contributed by atoms with Crippen LogP contribution in [0.1, 0.15) is 51.1 Å². The third-order valence-corrected chi connectivity index (χ3v) is 5.00. The Morgan fingerprint density at radius 3 is 2.36 bits per heavy atom. The number of aromatic carboxylic acids is 1. The van der Waals surface area contributed by atoms with Crippen molar-refractivity contribution < 1.29 is 19.5 Å². The molecule has 2 aromatic carbocycles. The van der Waals surface area contributed by atoms with Crippen LogP contribution in [0.2, 0.25) is 0 Å². The molecule has 1 aliphatic rings. The second kappa shape index (κ2) is 8.69. The molecule has 0 atom stereocenters. The number of hydrogen-bond acceptors (Lipinski definition) is 3. The Morgan fingerprint density at radius 2 is 1.71 bits per heavy atom. The number of carbonyl (C=O) groups is 3. The topological polar surface area (TPSA) is 86.7 Å². The summed E-state index contributed by atoms with van der Waals surface area (Å²) >= 11 is 0. The summed E-state index contributed by atoms with van der Waals surface area (Å²) in [6, 6.07) is 12.0. The molecule has 0 aromatic heterocycles. The largest absolute Gasteiger partial charge is 0.478 e. The van der Waals surface area contributed by atoms with Crippen LogP contribution < -0.4 is 5.32 Å². The Labute approximate surface area is 164 Å². The second-order valence-corrected chi connectivity index (χ2v) is 7.05. The van der Waals surface area contributed by atoms with Gasteiger partial charge in [-0.05, 0) is 55.5 Å². The van der Waals surface area contributed by atoms with Gasteiger partial charge in [0.05, 0.1) is 16.8 Å². The maximum absolute atomic E-state index is 12.9. The number of amides is 2. The van der Waals surface area contributed by atoms with E-state index in [1.165, 1.54) is 12.1 Å². The van der Waals surface area contributed by atoms with E-state index >= 15 is 0 Å². The Morgan fingerprint density at radius 1 is 1.04 bits per heavy atom. The van der Waals surface area contributed by atoms with Crippen LogP contribution in [-0.4, -0.2) is 40.9 Å². The molecule has 1 aliphatic heterocycles. The lowest BCUT2D eigenvalue weighted by molar-refractivity contribution is -0.116. The van der Waals surface area contributed by atoms with Crippen molar-refractivity contribution in [3.05, 3.63) is 64.7 Å². The van der Waals surface area contributed by atoms with Gasteiger partial charge in [-0.2, -0.15) is 0 Å². The van der Waals surface area contributed by atoms with Crippen molar-refractivity contribution in [1.29, 1.82) is 0 Å². The molecule has 2 N–H and O–H groups in total. The molecule has 2 amide bonds. The molecule has 1 fully saturated rings. The van der Waals surface area contributed by atoms with E-state index in [0.29, 0.717) is 17.7 Å². The van der Waals surface area contributed by atoms with Crippen LogP contribution in [0.25, 0.3) is 0 Å². The van der Waals surface area contributed by atoms with E-state index in [0.717, 1.165) is 37.1 Å². The zero-order valence-electron chi connectivity index (χ0n) is 15.9. The van der Waals surface area contributed by atoms with E-state index in [2.05, 4.69) is 5.32 Å². The lowest BCUT2D eigenvalue weighted by Gasteiger charge is -2.19. The van der Waals surface area contributed by atoms with Gasteiger partial charge in [-0.15, -0.1) is 0 Å². The number of aryl methyl sites for hydroxylation is 2. The summed E-state index contributed by atoms with van der Waals surface area (Å²) in [7, 11) is 0. The summed E-state index contributed by atoms with van der Waals surface area (Å²) in [6.45, 7) is 3.39. The van der Waals surface area contributed by atoms with Crippen molar-refractivity contribution in [2.45, 2.75) is 32.6 Å². The third kappa shape index (κ3) is 4.57. The van der Waals surface area contributed by atoms with Gasteiger partial charge in [-0.3, -0.25) is 9.59 Å². The van der Waals surface area contributed by atoms with Crippen molar-refractivity contribution >= 4 is 23.5 Å². The first-order valence-electron chi connectivity index (χ1n) is 9.46. The standard InChI is InChI=1S/C22H24N2O4/c1-15-5-4-6-18(20(15)21(26)24-13-2-3-14-24)23-19(25)12-9-16-7-10-17(11-8-16)22(27)28/h4-8,10-11H,2-3,9,12-14H2,1H3,(H,23,25)(H,27,28). The number of anilines is 1. The number of carboxylic acids is 1. The molecule has 6 nitrogen and oxygen atoms in total. The van der Waals surface area contributed by atoms with Crippen molar-refractivity contribution in [3.63, 3.8) is 0 Å². The normalized spacial score (nSPS) is 13.4. The molecule has 3 rings (SSSR count). The number of nitrogens with one attached hydrogen (secondary N) is 1. The zero-order valence-corrected chi connectivity index (χ0v) is 15.9. The fourth-order valence-corrected chi connectivity index (χ4v) is 3.42. The van der Waals surface area contributed by atoms with Gasteiger partial charge in [0.15, 0.2) is 0 Å². The molecule has 0 aliphatic carbocycles. The predicted octanol–water partition coefficient (Wildman–Crippen LogP) is 3.50. The molecule has 6 heteroatoms. The van der Waals surface area contributed by atoms with Gasteiger partial charge < -0.3 is 15.3 Å². The van der Waals surface area contributed by atoms with E-state index in [-0.39, 0.29) is 23.8 Å². The maximum atomic E-state index is 12.9. The van der Waals surface area contributed by atoms with Gasteiger partial charge in [-0.1, -0.05) is 24.3 Å². The van der Waals surface area contributed by atoms with Gasteiger partial charge in [-0.25, -0.2) is 4.79 Å². The molecule has 0 bridgehead atoms. The monoisotopic (exact) mass is 380 g/mol. The van der Waals surface area contributed by atoms with Crippen molar-refractivity contribution in [3.8, 4) is 0 Å². The summed E-state index contributed by atoms with van der Waals surface area (Å²) in [5.74, 6) is -1.18. The Kier molecular flexibility index (Phi) is 6.09. The summed E-state index contributed by atoms with van der Waals surface area (Å²) in [6.07, 6.45) is 2.77. The van der Waals surface area contributed by atoms with E-state index in [4.69, 9.17) is 5.11 Å². The van der Waals surface area contributed by atoms with Crippen LogP contribution in [0.4, 0.5) is 5.69 Å². The minimum Gasteiger partial charge on any atom is -0.478 e. The highest BCUT2D eigenvalue weighted by molar-refractivity contribution is 6.05. The molecular formula is C22H24N2O4. The summed E-state index contributed by atoms with van der Waals surface area (Å²) in [4.78, 5) is 38.0. The summed E-state index contributed by atoms with van der Waals surface area (Å²) in [5, 5.41) is 11.8. The van der Waals surface area contributed by atoms with Crippen LogP contribution in [0, 0.1) is 6.92 Å². The smallest absolute Gasteiger partial charge is 0.335 e. The predicted molar refractivity (Wildman–Crippen MR) is 107 cm³/mol. The van der Waals surface area contributed by atoms with Crippen LogP contribution in [0.15, 0.2) is 42.5 Å². The van der Waals surface area contributed by atoms with E-state index in [9.17, 15) is 14.4 Å². The Balaban J connectivity index is 1.66. The molecular weight excluding hydrogens is 356 g/mol. The highest BCUT2D eigenvalue weighted by Crippen LogP contribution is 2.24. The Hall–Kier alpha value is -3.15. The molecule has 28 heavy (non-hydrogen) atoms. The first kappa shape index (κ1) is 19.6. The average Bonchev–Trinajstić information content (AvgIpc) is 3.21. The third-order valence-electron chi connectivity index (χ3n) is 5.00. The van der Waals surface area contributed by atoms with Crippen LogP contribution >= 0.6 is 0 Å². The van der Waals surface area contributed by atoms with Gasteiger partial charge in [0.1, 0.15) is 0 Å². The fourth-order valence-electron chi connectivity index (χ4n) is 3.42. The number of likely N-dealkylation sites (tertiary alicyclic amines) is 1. The lowest BCUT2D eigenvalue weighted by Crippen LogP contribution is -2.29. The zero-order chi connectivity index (χ0) is 20.1. The van der Waals surface area contributed by atoms with Gasteiger partial charge >= 0.3 is 5.97 Å².